The van der Waals surface area contributed by atoms with Gasteiger partial charge in [0.1, 0.15) is 0 Å². The Labute approximate surface area is 102 Å². The van der Waals surface area contributed by atoms with Crippen molar-refractivity contribution in [3.8, 4) is 0 Å². The maximum Gasteiger partial charge on any atom is 1.00 e. The summed E-state index contributed by atoms with van der Waals surface area (Å²) in [7, 11) is -3.71. The SMILES string of the molecule is NCCNOS(=O)(=O)NCCN.[H-].[Na+]. The van der Waals surface area contributed by atoms with E-state index in [0.717, 1.165) is 0 Å². The van der Waals surface area contributed by atoms with Crippen LogP contribution in [0.4, 0.5) is 0 Å². The molecule has 0 aromatic heterocycles. The first kappa shape index (κ1) is 16.2. The van der Waals surface area contributed by atoms with E-state index in [1.807, 2.05) is 0 Å². The molecular weight excluding hydrogens is 207 g/mol. The van der Waals surface area contributed by atoms with Gasteiger partial charge in [-0.05, 0) is 0 Å². The van der Waals surface area contributed by atoms with Gasteiger partial charge in [-0.25, -0.2) is 0 Å². The maximum atomic E-state index is 10.8. The number of hydrogen-bond donors (Lipinski definition) is 4. The van der Waals surface area contributed by atoms with Gasteiger partial charge >= 0.3 is 39.9 Å². The van der Waals surface area contributed by atoms with E-state index in [0.29, 0.717) is 6.54 Å². The average Bonchev–Trinajstić information content (AvgIpc) is 2.01. The third kappa shape index (κ3) is 10.7. The van der Waals surface area contributed by atoms with Gasteiger partial charge in [-0.1, -0.05) is 0 Å². The molecule has 0 saturated heterocycles. The summed E-state index contributed by atoms with van der Waals surface area (Å²) in [5, 5.41) is 0. The minimum atomic E-state index is -3.71. The Bertz CT molecular complexity index is 203. The zero-order valence-corrected chi connectivity index (χ0v) is 10.4. The molecule has 0 amide bonds. The van der Waals surface area contributed by atoms with Crippen LogP contribution in [0.5, 0.6) is 0 Å². The van der Waals surface area contributed by atoms with E-state index in [9.17, 15) is 8.42 Å². The normalized spacial score (nSPS) is 10.9. The molecule has 0 heterocycles. The first-order valence-corrected chi connectivity index (χ1v) is 4.84. The first-order valence-electron chi connectivity index (χ1n) is 3.43. The molecule has 7 nitrogen and oxygen atoms in total. The molecule has 76 valence electrons. The van der Waals surface area contributed by atoms with Gasteiger partial charge in [0.25, 0.3) is 0 Å². The molecule has 0 saturated carbocycles. The molecule has 6 N–H and O–H groups in total. The number of hydrogen-bond acceptors (Lipinski definition) is 6. The maximum absolute atomic E-state index is 10.8. The van der Waals surface area contributed by atoms with E-state index in [2.05, 4.69) is 14.5 Å². The largest absolute Gasteiger partial charge is 1.00 e. The molecule has 0 atom stereocenters. The van der Waals surface area contributed by atoms with Crippen LogP contribution < -0.4 is 51.2 Å². The Balaban J connectivity index is -0.000000605. The molecular formula is C4H15N4NaO3S. The number of hydroxylamine groups is 1. The molecule has 0 aliphatic rings. The molecule has 0 bridgehead atoms. The van der Waals surface area contributed by atoms with Gasteiger partial charge in [0.05, 0.1) is 0 Å². The van der Waals surface area contributed by atoms with E-state index in [1.165, 1.54) is 0 Å². The summed E-state index contributed by atoms with van der Waals surface area (Å²) >= 11 is 0. The second-order valence-corrected chi connectivity index (χ2v) is 3.27. The third-order valence-corrected chi connectivity index (χ3v) is 1.73. The minimum Gasteiger partial charge on any atom is -1.00 e. The van der Waals surface area contributed by atoms with Crippen molar-refractivity contribution >= 4 is 10.3 Å². The average molecular weight is 222 g/mol. The summed E-state index contributed by atoms with van der Waals surface area (Å²) in [6, 6.07) is 0. The van der Waals surface area contributed by atoms with Crippen molar-refractivity contribution < 1.29 is 43.7 Å². The fourth-order valence-electron chi connectivity index (χ4n) is 0.392. The molecule has 0 aliphatic carbocycles. The molecule has 0 aromatic carbocycles. The Morgan fingerprint density at radius 2 is 1.77 bits per heavy atom. The van der Waals surface area contributed by atoms with Crippen LogP contribution >= 0.6 is 0 Å². The standard InChI is InChI=1S/C4H14N4O3S.Na.H/c5-1-3-7-11-12(9,10)8-4-2-6;;/h7-8H,1-6H2;;/q;+1;-1. The van der Waals surface area contributed by atoms with Crippen molar-refractivity contribution in [1.82, 2.24) is 10.2 Å². The number of nitrogens with one attached hydrogen (secondary N) is 2. The monoisotopic (exact) mass is 222 g/mol. The van der Waals surface area contributed by atoms with Crippen LogP contribution in [0.1, 0.15) is 1.43 Å². The van der Waals surface area contributed by atoms with Crippen LogP contribution in [-0.2, 0) is 14.6 Å². The molecule has 9 heteroatoms. The van der Waals surface area contributed by atoms with Crippen molar-refractivity contribution in [2.24, 2.45) is 11.5 Å². The molecule has 0 fully saturated rings. The van der Waals surface area contributed by atoms with Crippen molar-refractivity contribution in [2.45, 2.75) is 0 Å². The number of rotatable bonds is 7. The van der Waals surface area contributed by atoms with E-state index in [4.69, 9.17) is 11.5 Å². The van der Waals surface area contributed by atoms with E-state index >= 15 is 0 Å². The molecule has 0 unspecified atom stereocenters. The van der Waals surface area contributed by atoms with Gasteiger partial charge in [0.15, 0.2) is 0 Å². The third-order valence-electron chi connectivity index (χ3n) is 0.838. The first-order chi connectivity index (χ1) is 5.62. The van der Waals surface area contributed by atoms with Gasteiger partial charge in [-0.3, -0.25) is 0 Å². The van der Waals surface area contributed by atoms with Crippen molar-refractivity contribution in [3.05, 3.63) is 0 Å². The second kappa shape index (κ2) is 9.31. The summed E-state index contributed by atoms with van der Waals surface area (Å²) in [5.74, 6) is 0. The number of nitrogens with two attached hydrogens (primary N) is 2. The summed E-state index contributed by atoms with van der Waals surface area (Å²) in [5.41, 5.74) is 12.3. The van der Waals surface area contributed by atoms with Crippen LogP contribution in [-0.4, -0.2) is 34.6 Å². The van der Waals surface area contributed by atoms with Crippen LogP contribution in [0, 0.1) is 0 Å². The fourth-order valence-corrected chi connectivity index (χ4v) is 1.06. The van der Waals surface area contributed by atoms with Gasteiger partial charge in [0.2, 0.25) is 0 Å². The molecule has 0 aromatic rings. The van der Waals surface area contributed by atoms with Gasteiger partial charge in [-0.15, -0.1) is 0 Å². The summed E-state index contributed by atoms with van der Waals surface area (Å²) in [6.45, 7) is 0.933. The van der Waals surface area contributed by atoms with Gasteiger partial charge in [0, 0.05) is 26.2 Å². The van der Waals surface area contributed by atoms with E-state index < -0.39 is 10.3 Å². The van der Waals surface area contributed by atoms with Gasteiger partial charge in [-0.2, -0.15) is 22.9 Å². The molecule has 0 aliphatic heterocycles. The van der Waals surface area contributed by atoms with Crippen LogP contribution in [0.3, 0.4) is 0 Å². The topological polar surface area (TPSA) is 119 Å². The predicted molar refractivity (Wildman–Crippen MR) is 45.2 cm³/mol. The van der Waals surface area contributed by atoms with Crippen LogP contribution in [0.15, 0.2) is 0 Å². The van der Waals surface area contributed by atoms with E-state index in [1.54, 1.807) is 0 Å². The van der Waals surface area contributed by atoms with Crippen molar-refractivity contribution in [3.63, 3.8) is 0 Å². The minimum absolute atomic E-state index is 0. The summed E-state index contributed by atoms with van der Waals surface area (Å²) in [6.07, 6.45) is 0. The van der Waals surface area contributed by atoms with Crippen molar-refractivity contribution in [1.29, 1.82) is 0 Å². The molecule has 13 heavy (non-hydrogen) atoms. The van der Waals surface area contributed by atoms with E-state index in [-0.39, 0.29) is 50.6 Å². The smallest absolute Gasteiger partial charge is 1.00 e. The Kier molecular flexibility index (Phi) is 11.6. The summed E-state index contributed by atoms with van der Waals surface area (Å²) < 4.78 is 27.9. The fraction of sp³-hybridized carbons (Fsp3) is 1.00. The molecule has 0 radical (unpaired) electrons. The predicted octanol–water partition coefficient (Wildman–Crippen LogP) is -5.62. The van der Waals surface area contributed by atoms with Gasteiger partial charge < -0.3 is 12.9 Å². The van der Waals surface area contributed by atoms with Crippen LogP contribution in [0.2, 0.25) is 0 Å². The molecule has 0 rings (SSSR count). The Morgan fingerprint density at radius 3 is 2.23 bits per heavy atom. The van der Waals surface area contributed by atoms with Crippen molar-refractivity contribution in [2.75, 3.05) is 26.2 Å². The second-order valence-electron chi connectivity index (χ2n) is 1.90. The zero-order valence-electron chi connectivity index (χ0n) is 8.62. The quantitative estimate of drug-likeness (QED) is 0.194. The Morgan fingerprint density at radius 1 is 1.23 bits per heavy atom. The van der Waals surface area contributed by atoms with Crippen LogP contribution in [0.25, 0.3) is 0 Å². The summed E-state index contributed by atoms with van der Waals surface area (Å²) in [4.78, 5) is 0. The molecule has 0 spiro atoms. The Hall–Kier alpha value is 0.750. The zero-order chi connectivity index (χ0) is 9.45.